The summed E-state index contributed by atoms with van der Waals surface area (Å²) in [6, 6.07) is 8.93. The molecule has 0 unspecified atom stereocenters. The van der Waals surface area contributed by atoms with Crippen molar-refractivity contribution in [2.75, 3.05) is 32.4 Å². The molecule has 0 aliphatic heterocycles. The van der Waals surface area contributed by atoms with Crippen molar-refractivity contribution in [3.05, 3.63) is 42.2 Å². The van der Waals surface area contributed by atoms with Gasteiger partial charge in [-0.1, -0.05) is 11.8 Å². The van der Waals surface area contributed by atoms with Gasteiger partial charge in [0.05, 0.1) is 27.1 Å². The molecule has 3 rings (SSSR count). The van der Waals surface area contributed by atoms with Crippen LogP contribution in [0, 0.1) is 5.82 Å². The van der Waals surface area contributed by atoms with E-state index in [1.165, 1.54) is 45.6 Å². The summed E-state index contributed by atoms with van der Waals surface area (Å²) in [6.45, 7) is 0. The molecule has 3 aromatic rings. The summed E-state index contributed by atoms with van der Waals surface area (Å²) in [6.07, 6.45) is 0. The van der Waals surface area contributed by atoms with Crippen molar-refractivity contribution in [1.29, 1.82) is 0 Å². The molecule has 0 fully saturated rings. The fourth-order valence-corrected chi connectivity index (χ4v) is 3.02. The van der Waals surface area contributed by atoms with Gasteiger partial charge in [0.1, 0.15) is 5.82 Å². The SMILES string of the molecule is COc1cc(NC(=O)CSc2nnc(-c3ccc(F)cc3)o2)cc(OC)c1OC. The smallest absolute Gasteiger partial charge is 0.277 e. The number of hydrogen-bond donors (Lipinski definition) is 1. The molecule has 0 aliphatic rings. The zero-order valence-corrected chi connectivity index (χ0v) is 16.7. The number of anilines is 1. The lowest BCUT2D eigenvalue weighted by Crippen LogP contribution is -2.14. The van der Waals surface area contributed by atoms with E-state index in [2.05, 4.69) is 15.5 Å². The van der Waals surface area contributed by atoms with Crippen molar-refractivity contribution < 1.29 is 27.8 Å². The normalized spacial score (nSPS) is 10.5. The second-order valence-electron chi connectivity index (χ2n) is 5.63. The number of benzene rings is 2. The quantitative estimate of drug-likeness (QED) is 0.553. The van der Waals surface area contributed by atoms with Crippen molar-refractivity contribution >= 4 is 23.4 Å². The largest absolute Gasteiger partial charge is 0.493 e. The number of halogens is 1. The molecule has 0 aliphatic carbocycles. The van der Waals surface area contributed by atoms with Gasteiger partial charge < -0.3 is 23.9 Å². The maximum Gasteiger partial charge on any atom is 0.277 e. The maximum atomic E-state index is 13.0. The van der Waals surface area contributed by atoms with Gasteiger partial charge in [0, 0.05) is 23.4 Å². The highest BCUT2D eigenvalue weighted by molar-refractivity contribution is 7.99. The first kappa shape index (κ1) is 20.5. The van der Waals surface area contributed by atoms with Crippen LogP contribution >= 0.6 is 11.8 Å². The van der Waals surface area contributed by atoms with E-state index in [9.17, 15) is 9.18 Å². The van der Waals surface area contributed by atoms with Gasteiger partial charge in [-0.3, -0.25) is 4.79 Å². The molecule has 1 aromatic heterocycles. The summed E-state index contributed by atoms with van der Waals surface area (Å²) in [5.74, 6) is 0.935. The average Bonchev–Trinajstić information content (AvgIpc) is 3.21. The third kappa shape index (κ3) is 4.96. The van der Waals surface area contributed by atoms with E-state index >= 15 is 0 Å². The summed E-state index contributed by atoms with van der Waals surface area (Å²) in [7, 11) is 4.49. The Kier molecular flexibility index (Phi) is 6.55. The first-order valence-electron chi connectivity index (χ1n) is 8.36. The molecule has 0 spiro atoms. The first-order valence-corrected chi connectivity index (χ1v) is 9.34. The van der Waals surface area contributed by atoms with Crippen LogP contribution in [0.4, 0.5) is 10.1 Å². The number of rotatable bonds is 8. The minimum Gasteiger partial charge on any atom is -0.493 e. The van der Waals surface area contributed by atoms with Gasteiger partial charge in [-0.25, -0.2) is 4.39 Å². The van der Waals surface area contributed by atoms with Gasteiger partial charge in [-0.15, -0.1) is 10.2 Å². The van der Waals surface area contributed by atoms with E-state index < -0.39 is 0 Å². The van der Waals surface area contributed by atoms with E-state index in [0.717, 1.165) is 11.8 Å². The van der Waals surface area contributed by atoms with Crippen LogP contribution in [-0.2, 0) is 4.79 Å². The molecule has 0 saturated carbocycles. The van der Waals surface area contributed by atoms with Crippen molar-refractivity contribution in [2.24, 2.45) is 0 Å². The fraction of sp³-hybridized carbons (Fsp3) is 0.211. The molecule has 0 atom stereocenters. The third-order valence-corrected chi connectivity index (χ3v) is 4.59. The van der Waals surface area contributed by atoms with E-state index in [1.807, 2.05) is 0 Å². The van der Waals surface area contributed by atoms with Gasteiger partial charge >= 0.3 is 0 Å². The van der Waals surface area contributed by atoms with Crippen molar-refractivity contribution in [3.8, 4) is 28.7 Å². The molecule has 0 saturated heterocycles. The van der Waals surface area contributed by atoms with Gasteiger partial charge in [0.2, 0.25) is 17.5 Å². The summed E-state index contributed by atoms with van der Waals surface area (Å²) in [4.78, 5) is 12.3. The summed E-state index contributed by atoms with van der Waals surface area (Å²) in [5.41, 5.74) is 1.08. The molecular weight excluding hydrogens is 401 g/mol. The van der Waals surface area contributed by atoms with Crippen LogP contribution < -0.4 is 19.5 Å². The van der Waals surface area contributed by atoms with Gasteiger partial charge in [0.25, 0.3) is 5.22 Å². The zero-order valence-electron chi connectivity index (χ0n) is 15.9. The number of nitrogens with one attached hydrogen (secondary N) is 1. The number of methoxy groups -OCH3 is 3. The number of carbonyl (C=O) groups excluding carboxylic acids is 1. The Hall–Kier alpha value is -3.27. The maximum absolute atomic E-state index is 13.0. The summed E-state index contributed by atoms with van der Waals surface area (Å²) >= 11 is 1.08. The summed E-state index contributed by atoms with van der Waals surface area (Å²) in [5, 5.41) is 10.8. The van der Waals surface area contributed by atoms with Crippen LogP contribution in [0.25, 0.3) is 11.5 Å². The topological polar surface area (TPSA) is 95.7 Å². The molecule has 1 heterocycles. The second kappa shape index (κ2) is 9.28. The highest BCUT2D eigenvalue weighted by Gasteiger charge is 2.16. The second-order valence-corrected chi connectivity index (χ2v) is 6.56. The molecule has 10 heteroatoms. The number of nitrogens with zero attached hydrogens (tertiary/aromatic N) is 2. The lowest BCUT2D eigenvalue weighted by Gasteiger charge is -2.14. The minimum absolute atomic E-state index is 0.0434. The van der Waals surface area contributed by atoms with Crippen molar-refractivity contribution in [3.63, 3.8) is 0 Å². The van der Waals surface area contributed by atoms with Crippen LogP contribution in [0.1, 0.15) is 0 Å². The molecule has 2 aromatic carbocycles. The first-order chi connectivity index (χ1) is 14.0. The number of ether oxygens (including phenoxy) is 3. The number of amides is 1. The Morgan fingerprint density at radius 3 is 2.31 bits per heavy atom. The lowest BCUT2D eigenvalue weighted by atomic mass is 10.2. The molecule has 1 amide bonds. The minimum atomic E-state index is -0.355. The number of carbonyl (C=O) groups is 1. The van der Waals surface area contributed by atoms with Crippen molar-refractivity contribution in [2.45, 2.75) is 5.22 Å². The Morgan fingerprint density at radius 2 is 1.72 bits per heavy atom. The number of hydrogen-bond acceptors (Lipinski definition) is 8. The average molecular weight is 419 g/mol. The van der Waals surface area contributed by atoms with Crippen LogP contribution in [0.15, 0.2) is 46.0 Å². The Balaban J connectivity index is 1.62. The highest BCUT2D eigenvalue weighted by atomic mass is 32.2. The molecule has 0 radical (unpaired) electrons. The monoisotopic (exact) mass is 419 g/mol. The van der Waals surface area contributed by atoms with E-state index in [4.69, 9.17) is 18.6 Å². The molecule has 29 heavy (non-hydrogen) atoms. The third-order valence-electron chi connectivity index (χ3n) is 3.77. The van der Waals surface area contributed by atoms with Crippen LogP contribution in [0.3, 0.4) is 0 Å². The van der Waals surface area contributed by atoms with Gasteiger partial charge in [-0.05, 0) is 24.3 Å². The summed E-state index contributed by atoms with van der Waals surface area (Å²) < 4.78 is 34.3. The zero-order chi connectivity index (χ0) is 20.8. The standard InChI is InChI=1S/C19H18FN3O5S/c1-25-14-8-13(9-15(26-2)17(14)27-3)21-16(24)10-29-19-23-22-18(28-19)11-4-6-12(20)7-5-11/h4-9H,10H2,1-3H3,(H,21,24). The highest BCUT2D eigenvalue weighted by Crippen LogP contribution is 2.40. The van der Waals surface area contributed by atoms with E-state index in [1.54, 1.807) is 12.1 Å². The Labute approximate surface area is 170 Å². The van der Waals surface area contributed by atoms with Crippen LogP contribution in [-0.4, -0.2) is 43.2 Å². The van der Waals surface area contributed by atoms with Gasteiger partial charge in [-0.2, -0.15) is 0 Å². The van der Waals surface area contributed by atoms with E-state index in [-0.39, 0.29) is 28.6 Å². The molecule has 8 nitrogen and oxygen atoms in total. The fourth-order valence-electron chi connectivity index (χ4n) is 2.45. The van der Waals surface area contributed by atoms with Crippen LogP contribution in [0.2, 0.25) is 0 Å². The predicted octanol–water partition coefficient (Wildman–Crippen LogP) is 3.63. The number of aromatic nitrogens is 2. The molecule has 0 bridgehead atoms. The molecular formula is C19H18FN3O5S. The van der Waals surface area contributed by atoms with Gasteiger partial charge in [0.15, 0.2) is 11.5 Å². The van der Waals surface area contributed by atoms with Crippen LogP contribution in [0.5, 0.6) is 17.2 Å². The van der Waals surface area contributed by atoms with Crippen molar-refractivity contribution in [1.82, 2.24) is 10.2 Å². The predicted molar refractivity (Wildman–Crippen MR) is 105 cm³/mol. The van der Waals surface area contributed by atoms with E-state index in [0.29, 0.717) is 28.5 Å². The molecule has 152 valence electrons. The Bertz CT molecular complexity index is 969. The number of thioether (sulfide) groups is 1. The molecule has 1 N–H and O–H groups in total. The lowest BCUT2D eigenvalue weighted by molar-refractivity contribution is -0.113. The Morgan fingerprint density at radius 1 is 1.07 bits per heavy atom.